The van der Waals surface area contributed by atoms with Crippen LogP contribution in [0.25, 0.3) is 0 Å². The van der Waals surface area contributed by atoms with Crippen molar-refractivity contribution in [1.82, 2.24) is 4.90 Å². The smallest absolute Gasteiger partial charge is 0.128 e. The first-order valence-corrected chi connectivity index (χ1v) is 6.65. The molecule has 0 spiro atoms. The predicted molar refractivity (Wildman–Crippen MR) is 74.7 cm³/mol. The minimum atomic E-state index is -0.146. The molecule has 0 unspecified atom stereocenters. The van der Waals surface area contributed by atoms with Crippen molar-refractivity contribution < 1.29 is 4.39 Å². The molecule has 0 fully saturated rings. The number of halogens is 1. The van der Waals surface area contributed by atoms with Crippen LogP contribution in [0.3, 0.4) is 0 Å². The Kier molecular flexibility index (Phi) is 5.76. The molecule has 0 saturated carbocycles. The minimum Gasteiger partial charge on any atom is -0.326 e. The van der Waals surface area contributed by atoms with Crippen LogP contribution in [-0.4, -0.2) is 17.5 Å². The molecule has 0 amide bonds. The summed E-state index contributed by atoms with van der Waals surface area (Å²) in [5, 5.41) is 0. The van der Waals surface area contributed by atoms with Crippen molar-refractivity contribution in [2.75, 3.05) is 6.54 Å². The number of nitrogens with two attached hydrogens (primary N) is 1. The second kappa shape index (κ2) is 6.86. The first-order chi connectivity index (χ1) is 8.43. The summed E-state index contributed by atoms with van der Waals surface area (Å²) in [7, 11) is 0. The first kappa shape index (κ1) is 15.1. The van der Waals surface area contributed by atoms with Crippen LogP contribution in [0.5, 0.6) is 0 Å². The second-order valence-corrected chi connectivity index (χ2v) is 5.55. The molecule has 0 aliphatic carbocycles. The molecule has 3 heteroatoms. The highest BCUT2D eigenvalue weighted by Gasteiger charge is 2.14. The van der Waals surface area contributed by atoms with Gasteiger partial charge in [0.2, 0.25) is 0 Å². The third-order valence-electron chi connectivity index (χ3n) is 3.06. The maximum absolute atomic E-state index is 13.9. The molecule has 1 aromatic rings. The van der Waals surface area contributed by atoms with E-state index >= 15 is 0 Å². The molecule has 2 nitrogen and oxygen atoms in total. The molecular formula is C15H25FN2. The van der Waals surface area contributed by atoms with Gasteiger partial charge in [-0.1, -0.05) is 26.0 Å². The number of rotatable bonds is 6. The quantitative estimate of drug-likeness (QED) is 0.842. The van der Waals surface area contributed by atoms with E-state index in [-0.39, 0.29) is 5.82 Å². The molecule has 1 rings (SSSR count). The molecule has 1 aromatic carbocycles. The van der Waals surface area contributed by atoms with Gasteiger partial charge in [-0.05, 0) is 31.4 Å². The summed E-state index contributed by atoms with van der Waals surface area (Å²) in [6.07, 6.45) is 0. The van der Waals surface area contributed by atoms with Crippen LogP contribution < -0.4 is 5.73 Å². The summed E-state index contributed by atoms with van der Waals surface area (Å²) in [6.45, 7) is 10.7. The van der Waals surface area contributed by atoms with Gasteiger partial charge in [0.1, 0.15) is 5.82 Å². The van der Waals surface area contributed by atoms with Crippen molar-refractivity contribution in [3.8, 4) is 0 Å². The predicted octanol–water partition coefficient (Wildman–Crippen LogP) is 3.15. The lowest BCUT2D eigenvalue weighted by Gasteiger charge is -2.28. The van der Waals surface area contributed by atoms with Crippen LogP contribution in [0.15, 0.2) is 18.2 Å². The van der Waals surface area contributed by atoms with E-state index in [0.717, 1.165) is 17.7 Å². The molecule has 0 aliphatic rings. The van der Waals surface area contributed by atoms with Gasteiger partial charge < -0.3 is 5.73 Å². The molecule has 0 heterocycles. The lowest BCUT2D eigenvalue weighted by atomic mass is 10.1. The van der Waals surface area contributed by atoms with Gasteiger partial charge in [0.25, 0.3) is 0 Å². The summed E-state index contributed by atoms with van der Waals surface area (Å²) >= 11 is 0. The molecule has 0 aromatic heterocycles. The van der Waals surface area contributed by atoms with Gasteiger partial charge in [-0.2, -0.15) is 0 Å². The van der Waals surface area contributed by atoms with Crippen LogP contribution in [0.2, 0.25) is 0 Å². The van der Waals surface area contributed by atoms with Crippen LogP contribution in [0, 0.1) is 11.7 Å². The summed E-state index contributed by atoms with van der Waals surface area (Å²) in [6, 6.07) is 5.73. The Hall–Kier alpha value is -0.930. The van der Waals surface area contributed by atoms with Gasteiger partial charge in [-0.3, -0.25) is 4.90 Å². The molecule has 0 bridgehead atoms. The number of benzene rings is 1. The van der Waals surface area contributed by atoms with Crippen molar-refractivity contribution >= 4 is 0 Å². The van der Waals surface area contributed by atoms with E-state index < -0.39 is 0 Å². The third kappa shape index (κ3) is 4.39. The normalized spacial score (nSPS) is 11.8. The maximum atomic E-state index is 13.9. The van der Waals surface area contributed by atoms with Crippen LogP contribution in [0.1, 0.15) is 38.8 Å². The number of hydrogen-bond acceptors (Lipinski definition) is 2. The van der Waals surface area contributed by atoms with Gasteiger partial charge in [0.15, 0.2) is 0 Å². The van der Waals surface area contributed by atoms with Crippen LogP contribution >= 0.6 is 0 Å². The molecule has 0 radical (unpaired) electrons. The fourth-order valence-electron chi connectivity index (χ4n) is 1.99. The van der Waals surface area contributed by atoms with Crippen molar-refractivity contribution in [2.45, 2.75) is 46.8 Å². The number of nitrogens with zero attached hydrogens (tertiary/aromatic N) is 1. The van der Waals surface area contributed by atoms with Gasteiger partial charge in [0.05, 0.1) is 0 Å². The van der Waals surface area contributed by atoms with E-state index in [4.69, 9.17) is 5.73 Å². The maximum Gasteiger partial charge on any atom is 0.128 e. The topological polar surface area (TPSA) is 29.3 Å². The van der Waals surface area contributed by atoms with E-state index in [1.807, 2.05) is 12.1 Å². The van der Waals surface area contributed by atoms with Crippen molar-refractivity contribution in [3.05, 3.63) is 35.1 Å². The number of hydrogen-bond donors (Lipinski definition) is 1. The van der Waals surface area contributed by atoms with Crippen LogP contribution in [-0.2, 0) is 13.1 Å². The average molecular weight is 252 g/mol. The van der Waals surface area contributed by atoms with Crippen LogP contribution in [0.4, 0.5) is 4.39 Å². The lowest BCUT2D eigenvalue weighted by molar-refractivity contribution is 0.187. The average Bonchev–Trinajstić information content (AvgIpc) is 2.29. The molecule has 0 atom stereocenters. The SMILES string of the molecule is CC(C)CN(Cc1ccc(CN)cc1F)C(C)C. The van der Waals surface area contributed by atoms with Crippen molar-refractivity contribution in [2.24, 2.45) is 11.7 Å². The monoisotopic (exact) mass is 252 g/mol. The Morgan fingerprint density at radius 2 is 1.89 bits per heavy atom. The Balaban J connectivity index is 2.80. The fourth-order valence-corrected chi connectivity index (χ4v) is 1.99. The largest absolute Gasteiger partial charge is 0.326 e. The first-order valence-electron chi connectivity index (χ1n) is 6.65. The van der Waals surface area contributed by atoms with Crippen molar-refractivity contribution in [3.63, 3.8) is 0 Å². The Labute approximate surface area is 110 Å². The van der Waals surface area contributed by atoms with Gasteiger partial charge in [-0.15, -0.1) is 0 Å². The van der Waals surface area contributed by atoms with Gasteiger partial charge in [0, 0.05) is 31.2 Å². The van der Waals surface area contributed by atoms with Gasteiger partial charge >= 0.3 is 0 Å². The minimum absolute atomic E-state index is 0.146. The molecule has 2 N–H and O–H groups in total. The Morgan fingerprint density at radius 3 is 2.33 bits per heavy atom. The standard InChI is InChI=1S/C15H25FN2/c1-11(2)9-18(12(3)4)10-14-6-5-13(8-17)7-15(14)16/h5-7,11-12H,8-10,17H2,1-4H3. The molecule has 102 valence electrons. The fraction of sp³-hybridized carbons (Fsp3) is 0.600. The van der Waals surface area contributed by atoms with E-state index in [1.165, 1.54) is 0 Å². The zero-order valence-electron chi connectivity index (χ0n) is 11.9. The highest BCUT2D eigenvalue weighted by atomic mass is 19.1. The Bertz CT molecular complexity index is 375. The summed E-state index contributed by atoms with van der Waals surface area (Å²) in [5.41, 5.74) is 7.10. The molecule has 0 aliphatic heterocycles. The lowest BCUT2D eigenvalue weighted by Crippen LogP contribution is -2.33. The van der Waals surface area contributed by atoms with E-state index in [0.29, 0.717) is 25.0 Å². The van der Waals surface area contributed by atoms with E-state index in [1.54, 1.807) is 6.07 Å². The zero-order valence-corrected chi connectivity index (χ0v) is 11.9. The third-order valence-corrected chi connectivity index (χ3v) is 3.06. The van der Waals surface area contributed by atoms with E-state index in [2.05, 4.69) is 32.6 Å². The van der Waals surface area contributed by atoms with E-state index in [9.17, 15) is 4.39 Å². The summed E-state index contributed by atoms with van der Waals surface area (Å²) < 4.78 is 13.9. The Morgan fingerprint density at radius 1 is 1.22 bits per heavy atom. The highest BCUT2D eigenvalue weighted by Crippen LogP contribution is 2.15. The summed E-state index contributed by atoms with van der Waals surface area (Å²) in [4.78, 5) is 2.30. The van der Waals surface area contributed by atoms with Gasteiger partial charge in [-0.25, -0.2) is 4.39 Å². The second-order valence-electron chi connectivity index (χ2n) is 5.55. The molecular weight excluding hydrogens is 227 g/mol. The summed E-state index contributed by atoms with van der Waals surface area (Å²) in [5.74, 6) is 0.436. The molecule has 0 saturated heterocycles. The molecule has 18 heavy (non-hydrogen) atoms. The zero-order chi connectivity index (χ0) is 13.7. The van der Waals surface area contributed by atoms with Crippen molar-refractivity contribution in [1.29, 1.82) is 0 Å². The highest BCUT2D eigenvalue weighted by molar-refractivity contribution is 5.24.